The third-order valence-corrected chi connectivity index (χ3v) is 1.73. The first-order valence-corrected chi connectivity index (χ1v) is 3.60. The molecule has 0 saturated carbocycles. The number of thiol groups is 1. The molecule has 0 aliphatic rings. The van der Waals surface area contributed by atoms with Crippen LogP contribution in [-0.2, 0) is 0 Å². The summed E-state index contributed by atoms with van der Waals surface area (Å²) in [5.74, 6) is -0.181. The van der Waals surface area contributed by atoms with Crippen LogP contribution in [0, 0.1) is 17.1 Å². The highest BCUT2D eigenvalue weighted by molar-refractivity contribution is 7.80. The molecular weight excluding hydrogens is 177 g/mol. The molecule has 0 spiro atoms. The van der Waals surface area contributed by atoms with Gasteiger partial charge < -0.3 is 4.74 Å². The molecule has 0 saturated heterocycles. The summed E-state index contributed by atoms with van der Waals surface area (Å²) >= 11 is 3.84. The zero-order valence-corrected chi connectivity index (χ0v) is 7.23. The van der Waals surface area contributed by atoms with Crippen LogP contribution in [0.5, 0.6) is 5.75 Å². The van der Waals surface area contributed by atoms with Gasteiger partial charge in [-0.15, -0.1) is 12.6 Å². The SMILES string of the molecule is COc1cc(S)c(F)cc1C#N. The monoisotopic (exact) mass is 183 g/mol. The first-order valence-electron chi connectivity index (χ1n) is 3.15. The highest BCUT2D eigenvalue weighted by Crippen LogP contribution is 2.24. The van der Waals surface area contributed by atoms with Gasteiger partial charge in [0.05, 0.1) is 12.7 Å². The van der Waals surface area contributed by atoms with Crippen molar-refractivity contribution >= 4 is 12.6 Å². The number of hydrogen-bond donors (Lipinski definition) is 1. The summed E-state index contributed by atoms with van der Waals surface area (Å²) in [5, 5.41) is 8.54. The molecule has 0 aliphatic heterocycles. The standard InChI is InChI=1S/C8H6FNOS/c1-11-7-3-8(12)6(9)2-5(7)4-10/h2-3,12H,1H3. The number of methoxy groups -OCH3 is 1. The van der Waals surface area contributed by atoms with E-state index in [1.165, 1.54) is 13.2 Å². The lowest BCUT2D eigenvalue weighted by Gasteiger charge is -2.03. The molecule has 0 bridgehead atoms. The zero-order chi connectivity index (χ0) is 9.14. The lowest BCUT2D eigenvalue weighted by atomic mass is 10.2. The molecule has 62 valence electrons. The molecule has 0 aromatic heterocycles. The van der Waals surface area contributed by atoms with Crippen LogP contribution in [0.1, 0.15) is 5.56 Å². The number of benzene rings is 1. The fraction of sp³-hybridized carbons (Fsp3) is 0.125. The van der Waals surface area contributed by atoms with Crippen molar-refractivity contribution < 1.29 is 9.13 Å². The van der Waals surface area contributed by atoms with Gasteiger partial charge in [0.2, 0.25) is 0 Å². The minimum absolute atomic E-state index is 0.172. The summed E-state index contributed by atoms with van der Waals surface area (Å²) in [6.07, 6.45) is 0. The topological polar surface area (TPSA) is 33.0 Å². The maximum atomic E-state index is 12.8. The molecular formula is C8H6FNOS. The fourth-order valence-corrected chi connectivity index (χ4v) is 0.981. The van der Waals surface area contributed by atoms with Crippen LogP contribution in [-0.4, -0.2) is 7.11 Å². The van der Waals surface area contributed by atoms with Gasteiger partial charge in [0.1, 0.15) is 17.6 Å². The van der Waals surface area contributed by atoms with E-state index >= 15 is 0 Å². The predicted octanol–water partition coefficient (Wildman–Crippen LogP) is 1.99. The van der Waals surface area contributed by atoms with Crippen molar-refractivity contribution in [1.29, 1.82) is 5.26 Å². The molecule has 0 aliphatic carbocycles. The van der Waals surface area contributed by atoms with Crippen molar-refractivity contribution in [1.82, 2.24) is 0 Å². The second-order valence-electron chi connectivity index (χ2n) is 2.12. The molecule has 1 aromatic carbocycles. The molecule has 0 heterocycles. The molecule has 0 radical (unpaired) electrons. The molecule has 0 atom stereocenters. The number of ether oxygens (including phenoxy) is 1. The van der Waals surface area contributed by atoms with E-state index in [1.54, 1.807) is 0 Å². The molecule has 0 unspecified atom stereocenters. The van der Waals surface area contributed by atoms with Crippen molar-refractivity contribution in [2.24, 2.45) is 0 Å². The van der Waals surface area contributed by atoms with E-state index in [0.29, 0.717) is 5.75 Å². The average Bonchev–Trinajstić information content (AvgIpc) is 2.09. The Bertz CT molecular complexity index is 346. The average molecular weight is 183 g/mol. The van der Waals surface area contributed by atoms with Crippen molar-refractivity contribution in [3.05, 3.63) is 23.5 Å². The number of nitrogens with zero attached hydrogens (tertiary/aromatic N) is 1. The summed E-state index contributed by atoms with van der Waals surface area (Å²) in [4.78, 5) is 0.172. The Morgan fingerprint density at radius 2 is 2.25 bits per heavy atom. The highest BCUT2D eigenvalue weighted by Gasteiger charge is 2.06. The summed E-state index contributed by atoms with van der Waals surface area (Å²) in [5.41, 5.74) is 0.174. The van der Waals surface area contributed by atoms with E-state index < -0.39 is 5.82 Å². The van der Waals surface area contributed by atoms with Crippen molar-refractivity contribution in [3.8, 4) is 11.8 Å². The molecule has 1 rings (SSSR count). The summed E-state index contributed by atoms with van der Waals surface area (Å²) in [6.45, 7) is 0. The Balaban J connectivity index is 3.31. The maximum Gasteiger partial charge on any atom is 0.138 e. The Hall–Kier alpha value is -1.21. The van der Waals surface area contributed by atoms with Crippen LogP contribution >= 0.6 is 12.6 Å². The van der Waals surface area contributed by atoms with Crippen molar-refractivity contribution in [2.45, 2.75) is 4.90 Å². The second kappa shape index (κ2) is 3.46. The molecule has 0 amide bonds. The first-order chi connectivity index (χ1) is 5.69. The van der Waals surface area contributed by atoms with Gasteiger partial charge in [0, 0.05) is 4.90 Å². The van der Waals surface area contributed by atoms with Crippen LogP contribution < -0.4 is 4.74 Å². The molecule has 0 fully saturated rings. The highest BCUT2D eigenvalue weighted by atomic mass is 32.1. The van der Waals surface area contributed by atoms with E-state index in [2.05, 4.69) is 12.6 Å². The summed E-state index contributed by atoms with van der Waals surface area (Å²) in [7, 11) is 1.42. The normalized spacial score (nSPS) is 9.17. The smallest absolute Gasteiger partial charge is 0.138 e. The van der Waals surface area contributed by atoms with E-state index in [-0.39, 0.29) is 10.5 Å². The Morgan fingerprint density at radius 1 is 1.58 bits per heavy atom. The van der Waals surface area contributed by atoms with Gasteiger partial charge in [-0.25, -0.2) is 4.39 Å². The fourth-order valence-electron chi connectivity index (χ4n) is 0.799. The third-order valence-electron chi connectivity index (χ3n) is 1.39. The molecule has 1 aromatic rings. The number of rotatable bonds is 1. The zero-order valence-electron chi connectivity index (χ0n) is 6.34. The molecule has 4 heteroatoms. The number of halogens is 1. The summed E-state index contributed by atoms with van der Waals surface area (Å²) < 4.78 is 17.6. The van der Waals surface area contributed by atoms with Crippen molar-refractivity contribution in [2.75, 3.05) is 7.11 Å². The molecule has 2 nitrogen and oxygen atoms in total. The van der Waals surface area contributed by atoms with Gasteiger partial charge in [-0.3, -0.25) is 0 Å². The van der Waals surface area contributed by atoms with Crippen LogP contribution in [0.25, 0.3) is 0 Å². The van der Waals surface area contributed by atoms with E-state index in [1.807, 2.05) is 6.07 Å². The van der Waals surface area contributed by atoms with Gasteiger partial charge >= 0.3 is 0 Å². The van der Waals surface area contributed by atoms with Crippen LogP contribution in [0.4, 0.5) is 4.39 Å². The third kappa shape index (κ3) is 1.51. The van der Waals surface area contributed by atoms with Gasteiger partial charge in [-0.1, -0.05) is 0 Å². The number of hydrogen-bond acceptors (Lipinski definition) is 3. The lowest BCUT2D eigenvalue weighted by molar-refractivity contribution is 0.410. The minimum Gasteiger partial charge on any atom is -0.495 e. The van der Waals surface area contributed by atoms with Crippen LogP contribution in [0.2, 0.25) is 0 Å². The maximum absolute atomic E-state index is 12.8. The van der Waals surface area contributed by atoms with Crippen molar-refractivity contribution in [3.63, 3.8) is 0 Å². The van der Waals surface area contributed by atoms with Gasteiger partial charge in [-0.2, -0.15) is 5.26 Å². The first kappa shape index (κ1) is 8.88. The Morgan fingerprint density at radius 3 is 2.75 bits per heavy atom. The van der Waals surface area contributed by atoms with E-state index in [4.69, 9.17) is 10.00 Å². The predicted molar refractivity (Wildman–Crippen MR) is 44.9 cm³/mol. The second-order valence-corrected chi connectivity index (χ2v) is 2.60. The Kier molecular flexibility index (Phi) is 2.56. The van der Waals surface area contributed by atoms with E-state index in [0.717, 1.165) is 6.07 Å². The van der Waals surface area contributed by atoms with Gasteiger partial charge in [-0.05, 0) is 12.1 Å². The quantitative estimate of drug-likeness (QED) is 0.675. The largest absolute Gasteiger partial charge is 0.495 e. The summed E-state index contributed by atoms with van der Waals surface area (Å²) in [6, 6.07) is 4.29. The molecule has 12 heavy (non-hydrogen) atoms. The number of nitriles is 1. The lowest BCUT2D eigenvalue weighted by Crippen LogP contribution is -1.90. The van der Waals surface area contributed by atoms with Gasteiger partial charge in [0.15, 0.2) is 0 Å². The Labute approximate surface area is 75.0 Å². The minimum atomic E-state index is -0.518. The van der Waals surface area contributed by atoms with Gasteiger partial charge in [0.25, 0.3) is 0 Å². The molecule has 0 N–H and O–H groups in total. The van der Waals surface area contributed by atoms with Crippen LogP contribution in [0.3, 0.4) is 0 Å². The van der Waals surface area contributed by atoms with E-state index in [9.17, 15) is 4.39 Å². The van der Waals surface area contributed by atoms with Crippen LogP contribution in [0.15, 0.2) is 17.0 Å².